The molecule has 83 valence electrons. The molecule has 0 N–H and O–H groups in total. The van der Waals surface area contributed by atoms with Crippen LogP contribution in [0.15, 0.2) is 6.20 Å². The van der Waals surface area contributed by atoms with Crippen molar-refractivity contribution in [1.82, 2.24) is 13.3 Å². The molecule has 0 bridgehead atoms. The lowest BCUT2D eigenvalue weighted by Gasteiger charge is -2.12. The molecule has 15 heavy (non-hydrogen) atoms. The molecule has 0 aliphatic carbocycles. The molecule has 1 aromatic rings. The minimum absolute atomic E-state index is 0.131. The van der Waals surface area contributed by atoms with Crippen molar-refractivity contribution < 1.29 is 13.2 Å². The SMILES string of the molecule is [CH2]c1cn(S(=O)(=O)N(C)C)c(C(C)=O)n1. The summed E-state index contributed by atoms with van der Waals surface area (Å²) in [5.41, 5.74) is 0.241. The minimum Gasteiger partial charge on any atom is -0.291 e. The van der Waals surface area contributed by atoms with Gasteiger partial charge >= 0.3 is 10.2 Å². The number of hydrogen-bond acceptors (Lipinski definition) is 4. The highest BCUT2D eigenvalue weighted by molar-refractivity contribution is 7.87. The number of aromatic nitrogens is 2. The fourth-order valence-electron chi connectivity index (χ4n) is 0.996. The molecule has 0 saturated carbocycles. The Morgan fingerprint density at radius 3 is 2.47 bits per heavy atom. The van der Waals surface area contributed by atoms with E-state index >= 15 is 0 Å². The number of imidazole rings is 1. The Hall–Kier alpha value is -1.21. The second-order valence-corrected chi connectivity index (χ2v) is 5.22. The van der Waals surface area contributed by atoms with Gasteiger partial charge in [-0.05, 0) is 6.92 Å². The second-order valence-electron chi connectivity index (χ2n) is 3.20. The van der Waals surface area contributed by atoms with E-state index in [0.717, 1.165) is 8.28 Å². The predicted molar refractivity (Wildman–Crippen MR) is 54.7 cm³/mol. The molecule has 0 amide bonds. The van der Waals surface area contributed by atoms with Crippen LogP contribution in [0.4, 0.5) is 0 Å². The number of carbonyl (C=O) groups excluding carboxylic acids is 1. The van der Waals surface area contributed by atoms with E-state index in [2.05, 4.69) is 11.9 Å². The zero-order valence-corrected chi connectivity index (χ0v) is 9.58. The lowest BCUT2D eigenvalue weighted by Crippen LogP contribution is -2.30. The quantitative estimate of drug-likeness (QED) is 0.681. The molecule has 1 radical (unpaired) electrons. The van der Waals surface area contributed by atoms with Crippen LogP contribution in [0, 0.1) is 6.92 Å². The summed E-state index contributed by atoms with van der Waals surface area (Å²) in [5, 5.41) is 0. The van der Waals surface area contributed by atoms with Gasteiger partial charge < -0.3 is 0 Å². The van der Waals surface area contributed by atoms with Crippen molar-refractivity contribution in [1.29, 1.82) is 0 Å². The van der Waals surface area contributed by atoms with Gasteiger partial charge in [0.1, 0.15) is 0 Å². The van der Waals surface area contributed by atoms with Crippen molar-refractivity contribution in [3.05, 3.63) is 24.6 Å². The van der Waals surface area contributed by atoms with Crippen LogP contribution < -0.4 is 0 Å². The highest BCUT2D eigenvalue weighted by atomic mass is 32.2. The van der Waals surface area contributed by atoms with E-state index in [1.807, 2.05) is 0 Å². The second kappa shape index (κ2) is 3.74. The normalized spacial score (nSPS) is 12.1. The predicted octanol–water partition coefficient (Wildman–Crippen LogP) is -0.0776. The molecule has 0 saturated heterocycles. The summed E-state index contributed by atoms with van der Waals surface area (Å²) >= 11 is 0. The topological polar surface area (TPSA) is 72.3 Å². The smallest absolute Gasteiger partial charge is 0.291 e. The van der Waals surface area contributed by atoms with Crippen molar-refractivity contribution in [2.75, 3.05) is 14.1 Å². The molecule has 0 spiro atoms. The molecule has 0 unspecified atom stereocenters. The van der Waals surface area contributed by atoms with E-state index in [1.165, 1.54) is 27.2 Å². The van der Waals surface area contributed by atoms with Gasteiger partial charge in [0.2, 0.25) is 0 Å². The van der Waals surface area contributed by atoms with Crippen molar-refractivity contribution in [3.63, 3.8) is 0 Å². The first-order chi connectivity index (χ1) is 6.76. The van der Waals surface area contributed by atoms with E-state index in [0.29, 0.717) is 0 Å². The van der Waals surface area contributed by atoms with Crippen LogP contribution in [0.2, 0.25) is 0 Å². The number of ketones is 1. The van der Waals surface area contributed by atoms with E-state index < -0.39 is 16.0 Å². The van der Waals surface area contributed by atoms with E-state index in [1.54, 1.807) is 0 Å². The Morgan fingerprint density at radius 2 is 2.07 bits per heavy atom. The third-order valence-electron chi connectivity index (χ3n) is 1.75. The van der Waals surface area contributed by atoms with Gasteiger partial charge in [-0.1, -0.05) is 0 Å². The van der Waals surface area contributed by atoms with Crippen LogP contribution in [0.1, 0.15) is 23.2 Å². The summed E-state index contributed by atoms with van der Waals surface area (Å²) < 4.78 is 25.3. The molecular formula is C8H12N3O3S. The van der Waals surface area contributed by atoms with E-state index in [9.17, 15) is 13.2 Å². The third kappa shape index (κ3) is 2.07. The first-order valence-corrected chi connectivity index (χ1v) is 5.52. The lowest BCUT2D eigenvalue weighted by atomic mass is 10.4. The summed E-state index contributed by atoms with van der Waals surface area (Å²) in [5.74, 6) is -0.552. The summed E-state index contributed by atoms with van der Waals surface area (Å²) in [6.07, 6.45) is 1.21. The van der Waals surface area contributed by atoms with Gasteiger partial charge in [-0.15, -0.1) is 0 Å². The standard InChI is InChI=1S/C8H12N3O3S/c1-6-5-11(8(9-6)7(2)12)15(13,14)10(3)4/h5H,1H2,2-4H3. The van der Waals surface area contributed by atoms with Crippen molar-refractivity contribution in [3.8, 4) is 0 Å². The van der Waals surface area contributed by atoms with Crippen LogP contribution in [0.3, 0.4) is 0 Å². The molecule has 0 aliphatic rings. The maximum Gasteiger partial charge on any atom is 0.308 e. The average molecular weight is 230 g/mol. The molecule has 6 nitrogen and oxygen atoms in total. The molecule has 0 atom stereocenters. The Balaban J connectivity index is 3.44. The van der Waals surface area contributed by atoms with Gasteiger partial charge in [0, 0.05) is 27.2 Å². The number of rotatable bonds is 3. The number of hydrogen-bond donors (Lipinski definition) is 0. The summed E-state index contributed by atoms with van der Waals surface area (Å²) in [7, 11) is -0.951. The molecule has 0 aromatic carbocycles. The van der Waals surface area contributed by atoms with Crippen LogP contribution in [-0.2, 0) is 10.2 Å². The Bertz CT molecular complexity index is 487. The van der Waals surface area contributed by atoms with Gasteiger partial charge in [-0.2, -0.15) is 12.7 Å². The van der Waals surface area contributed by atoms with Gasteiger partial charge in [0.15, 0.2) is 11.6 Å². The monoisotopic (exact) mass is 230 g/mol. The molecule has 1 aromatic heterocycles. The van der Waals surface area contributed by atoms with E-state index in [-0.39, 0.29) is 11.5 Å². The zero-order valence-electron chi connectivity index (χ0n) is 8.76. The molecule has 0 fully saturated rings. The molecule has 1 heterocycles. The number of Topliss-reactive ketones (excluding diaryl/α,β-unsaturated/α-hetero) is 1. The van der Waals surface area contributed by atoms with Crippen molar-refractivity contribution in [2.45, 2.75) is 6.92 Å². The van der Waals surface area contributed by atoms with Crippen molar-refractivity contribution in [2.24, 2.45) is 0 Å². The third-order valence-corrected chi connectivity index (χ3v) is 3.45. The average Bonchev–Trinajstić information content (AvgIpc) is 2.47. The summed E-state index contributed by atoms with van der Waals surface area (Å²) in [6.45, 7) is 4.74. The summed E-state index contributed by atoms with van der Waals surface area (Å²) in [6, 6.07) is 0. The minimum atomic E-state index is -3.71. The largest absolute Gasteiger partial charge is 0.308 e. The maximum absolute atomic E-state index is 11.7. The van der Waals surface area contributed by atoms with E-state index in [4.69, 9.17) is 0 Å². The fraction of sp³-hybridized carbons (Fsp3) is 0.375. The Kier molecular flexibility index (Phi) is 2.96. The first-order valence-electron chi connectivity index (χ1n) is 4.12. The van der Waals surface area contributed by atoms with Gasteiger partial charge in [-0.3, -0.25) is 4.79 Å². The maximum atomic E-state index is 11.7. The molecule has 1 rings (SSSR count). The Morgan fingerprint density at radius 1 is 1.53 bits per heavy atom. The van der Waals surface area contributed by atoms with Crippen LogP contribution >= 0.6 is 0 Å². The molecule has 0 aliphatic heterocycles. The van der Waals surface area contributed by atoms with Gasteiger partial charge in [-0.25, -0.2) is 8.96 Å². The molecule has 7 heteroatoms. The zero-order chi connectivity index (χ0) is 11.8. The fourth-order valence-corrected chi connectivity index (χ4v) is 1.99. The summed E-state index contributed by atoms with van der Waals surface area (Å²) in [4.78, 5) is 14.9. The van der Waals surface area contributed by atoms with Crippen LogP contribution in [-0.4, -0.2) is 41.6 Å². The van der Waals surface area contributed by atoms with Crippen LogP contribution in [0.25, 0.3) is 0 Å². The molecular weight excluding hydrogens is 218 g/mol. The number of nitrogens with zero attached hydrogens (tertiary/aromatic N) is 3. The first kappa shape index (κ1) is 11.9. The Labute approximate surface area is 88.7 Å². The lowest BCUT2D eigenvalue weighted by molar-refractivity contribution is 0.100. The highest BCUT2D eigenvalue weighted by Crippen LogP contribution is 2.09. The highest BCUT2D eigenvalue weighted by Gasteiger charge is 2.23. The number of carbonyl (C=O) groups is 1. The van der Waals surface area contributed by atoms with Gasteiger partial charge in [0.25, 0.3) is 0 Å². The van der Waals surface area contributed by atoms with Gasteiger partial charge in [0.05, 0.1) is 5.69 Å². The van der Waals surface area contributed by atoms with Crippen LogP contribution in [0.5, 0.6) is 0 Å². The van der Waals surface area contributed by atoms with Crippen molar-refractivity contribution >= 4 is 16.0 Å².